The lowest BCUT2D eigenvalue weighted by Gasteiger charge is -2.10. The van der Waals surface area contributed by atoms with Gasteiger partial charge < -0.3 is 9.52 Å². The van der Waals surface area contributed by atoms with Crippen LogP contribution in [0.2, 0.25) is 5.02 Å². The standard InChI is InChI=1S/C17H11ClO4/c1-9-8-10(6-7-13(9)18)14-11-4-2-3-5-12(11)17(21)22-15(14)16(19)20/h2-8H,1H3,(H,19,20). The molecule has 0 aliphatic carbocycles. The fourth-order valence-electron chi connectivity index (χ4n) is 2.44. The number of aromatic carboxylic acids is 1. The van der Waals surface area contributed by atoms with Gasteiger partial charge in [-0.15, -0.1) is 0 Å². The smallest absolute Gasteiger partial charge is 0.372 e. The van der Waals surface area contributed by atoms with Crippen LogP contribution in [0, 0.1) is 6.92 Å². The molecule has 0 saturated carbocycles. The van der Waals surface area contributed by atoms with Gasteiger partial charge in [-0.1, -0.05) is 35.9 Å². The lowest BCUT2D eigenvalue weighted by atomic mass is 9.97. The molecule has 22 heavy (non-hydrogen) atoms. The summed E-state index contributed by atoms with van der Waals surface area (Å²) >= 11 is 6.02. The Balaban J connectivity index is 2.47. The van der Waals surface area contributed by atoms with E-state index in [0.29, 0.717) is 26.9 Å². The molecule has 0 radical (unpaired) electrons. The van der Waals surface area contributed by atoms with E-state index in [1.165, 1.54) is 0 Å². The minimum atomic E-state index is -1.29. The number of fused-ring (bicyclic) bond motifs is 1. The Morgan fingerprint density at radius 1 is 1.14 bits per heavy atom. The predicted molar refractivity (Wildman–Crippen MR) is 84.6 cm³/mol. The van der Waals surface area contributed by atoms with Crippen LogP contribution in [0.5, 0.6) is 0 Å². The summed E-state index contributed by atoms with van der Waals surface area (Å²) in [6.07, 6.45) is 0. The van der Waals surface area contributed by atoms with Gasteiger partial charge in [0.2, 0.25) is 5.76 Å². The summed E-state index contributed by atoms with van der Waals surface area (Å²) in [6, 6.07) is 11.9. The number of carbonyl (C=O) groups is 1. The highest BCUT2D eigenvalue weighted by molar-refractivity contribution is 6.31. The summed E-state index contributed by atoms with van der Waals surface area (Å²) in [4.78, 5) is 23.4. The molecule has 5 heteroatoms. The molecule has 3 rings (SSSR count). The van der Waals surface area contributed by atoms with Crippen molar-refractivity contribution in [2.75, 3.05) is 0 Å². The second-order valence-corrected chi connectivity index (χ2v) is 5.32. The van der Waals surface area contributed by atoms with Crippen molar-refractivity contribution in [1.29, 1.82) is 0 Å². The lowest BCUT2D eigenvalue weighted by molar-refractivity contribution is 0.0659. The second-order valence-electron chi connectivity index (χ2n) is 4.91. The van der Waals surface area contributed by atoms with Gasteiger partial charge in [0.25, 0.3) is 0 Å². The predicted octanol–water partition coefficient (Wildman–Crippen LogP) is 4.12. The van der Waals surface area contributed by atoms with E-state index in [2.05, 4.69) is 0 Å². The van der Waals surface area contributed by atoms with Gasteiger partial charge in [-0.2, -0.15) is 0 Å². The minimum absolute atomic E-state index is 0.343. The molecule has 1 aromatic heterocycles. The topological polar surface area (TPSA) is 67.5 Å². The summed E-state index contributed by atoms with van der Waals surface area (Å²) in [7, 11) is 0. The molecule has 3 aromatic rings. The Morgan fingerprint density at radius 2 is 1.82 bits per heavy atom. The van der Waals surface area contributed by atoms with E-state index in [-0.39, 0.29) is 5.76 Å². The Kier molecular flexibility index (Phi) is 3.47. The number of carboxylic acids is 1. The van der Waals surface area contributed by atoms with Crippen LogP contribution >= 0.6 is 11.6 Å². The van der Waals surface area contributed by atoms with E-state index in [9.17, 15) is 14.7 Å². The van der Waals surface area contributed by atoms with Crippen molar-refractivity contribution in [3.05, 3.63) is 69.2 Å². The second kappa shape index (κ2) is 5.31. The summed E-state index contributed by atoms with van der Waals surface area (Å²) in [5.41, 5.74) is 1.16. The molecule has 0 atom stereocenters. The Hall–Kier alpha value is -2.59. The van der Waals surface area contributed by atoms with Crippen LogP contribution in [0.4, 0.5) is 0 Å². The molecular formula is C17H11ClO4. The molecule has 0 amide bonds. The quantitative estimate of drug-likeness (QED) is 0.772. The van der Waals surface area contributed by atoms with Crippen LogP contribution in [0.1, 0.15) is 16.1 Å². The number of benzene rings is 2. The molecular weight excluding hydrogens is 304 g/mol. The van der Waals surface area contributed by atoms with Gasteiger partial charge >= 0.3 is 11.6 Å². The van der Waals surface area contributed by atoms with Crippen molar-refractivity contribution >= 4 is 28.3 Å². The highest BCUT2D eigenvalue weighted by atomic mass is 35.5. The number of halogens is 1. The maximum Gasteiger partial charge on any atom is 0.372 e. The average Bonchev–Trinajstić information content (AvgIpc) is 2.50. The van der Waals surface area contributed by atoms with Crippen molar-refractivity contribution in [1.82, 2.24) is 0 Å². The highest BCUT2D eigenvalue weighted by Crippen LogP contribution is 2.32. The number of aryl methyl sites for hydroxylation is 1. The molecule has 0 aliphatic rings. The summed E-state index contributed by atoms with van der Waals surface area (Å²) < 4.78 is 5.02. The molecule has 0 spiro atoms. The first kappa shape index (κ1) is 14.4. The summed E-state index contributed by atoms with van der Waals surface area (Å²) in [5, 5.41) is 10.8. The van der Waals surface area contributed by atoms with E-state index in [4.69, 9.17) is 16.0 Å². The van der Waals surface area contributed by atoms with E-state index < -0.39 is 11.6 Å². The van der Waals surface area contributed by atoms with Gasteiger partial charge in [0.05, 0.1) is 5.39 Å². The van der Waals surface area contributed by atoms with Crippen LogP contribution in [0.25, 0.3) is 21.9 Å². The number of hydrogen-bond donors (Lipinski definition) is 1. The van der Waals surface area contributed by atoms with Gasteiger partial charge in [0.15, 0.2) is 0 Å². The first-order valence-electron chi connectivity index (χ1n) is 6.54. The first-order chi connectivity index (χ1) is 10.5. The van der Waals surface area contributed by atoms with E-state index >= 15 is 0 Å². The highest BCUT2D eigenvalue weighted by Gasteiger charge is 2.20. The molecule has 110 valence electrons. The van der Waals surface area contributed by atoms with Crippen molar-refractivity contribution in [3.8, 4) is 11.1 Å². The SMILES string of the molecule is Cc1cc(-c2c(C(=O)O)oc(=O)c3ccccc23)ccc1Cl. The molecule has 0 aliphatic heterocycles. The average molecular weight is 315 g/mol. The molecule has 2 aromatic carbocycles. The fourth-order valence-corrected chi connectivity index (χ4v) is 2.56. The molecule has 1 heterocycles. The van der Waals surface area contributed by atoms with Gasteiger partial charge in [0.1, 0.15) is 0 Å². The van der Waals surface area contributed by atoms with Crippen molar-refractivity contribution in [2.24, 2.45) is 0 Å². The van der Waals surface area contributed by atoms with Gasteiger partial charge in [0, 0.05) is 16.0 Å². The van der Waals surface area contributed by atoms with E-state index in [0.717, 1.165) is 5.56 Å². The first-order valence-corrected chi connectivity index (χ1v) is 6.92. The monoisotopic (exact) mass is 314 g/mol. The van der Waals surface area contributed by atoms with E-state index in [1.54, 1.807) is 42.5 Å². The van der Waals surface area contributed by atoms with Crippen LogP contribution in [0.3, 0.4) is 0 Å². The maximum atomic E-state index is 12.0. The van der Waals surface area contributed by atoms with Crippen LogP contribution < -0.4 is 5.63 Å². The number of hydrogen-bond acceptors (Lipinski definition) is 3. The lowest BCUT2D eigenvalue weighted by Crippen LogP contribution is -2.09. The molecule has 0 unspecified atom stereocenters. The summed E-state index contributed by atoms with van der Waals surface area (Å²) in [5.74, 6) is -1.66. The molecule has 0 fully saturated rings. The number of rotatable bonds is 2. The maximum absolute atomic E-state index is 12.0. The Morgan fingerprint density at radius 3 is 2.45 bits per heavy atom. The third-order valence-electron chi connectivity index (χ3n) is 3.48. The van der Waals surface area contributed by atoms with Gasteiger partial charge in [-0.25, -0.2) is 9.59 Å². The third kappa shape index (κ3) is 2.27. The van der Waals surface area contributed by atoms with Gasteiger partial charge in [-0.3, -0.25) is 0 Å². The molecule has 0 bridgehead atoms. The molecule has 0 saturated heterocycles. The Labute approximate surface area is 130 Å². The van der Waals surface area contributed by atoms with Gasteiger partial charge in [-0.05, 0) is 36.2 Å². The fraction of sp³-hybridized carbons (Fsp3) is 0.0588. The zero-order valence-corrected chi connectivity index (χ0v) is 12.3. The molecule has 4 nitrogen and oxygen atoms in total. The van der Waals surface area contributed by atoms with Crippen molar-refractivity contribution < 1.29 is 14.3 Å². The van der Waals surface area contributed by atoms with Crippen LogP contribution in [-0.4, -0.2) is 11.1 Å². The van der Waals surface area contributed by atoms with E-state index in [1.807, 2.05) is 6.92 Å². The van der Waals surface area contributed by atoms with Crippen LogP contribution in [-0.2, 0) is 0 Å². The normalized spacial score (nSPS) is 10.8. The molecule has 1 N–H and O–H groups in total. The van der Waals surface area contributed by atoms with Crippen LogP contribution in [0.15, 0.2) is 51.7 Å². The number of carboxylic acid groups (broad SMARTS) is 1. The van der Waals surface area contributed by atoms with Crippen molar-refractivity contribution in [2.45, 2.75) is 6.92 Å². The summed E-state index contributed by atoms with van der Waals surface area (Å²) in [6.45, 7) is 1.83. The largest absolute Gasteiger partial charge is 0.475 e. The zero-order chi connectivity index (χ0) is 15.9. The zero-order valence-electron chi connectivity index (χ0n) is 11.6. The minimum Gasteiger partial charge on any atom is -0.475 e. The van der Waals surface area contributed by atoms with Crippen molar-refractivity contribution in [3.63, 3.8) is 0 Å². The third-order valence-corrected chi connectivity index (χ3v) is 3.90. The Bertz CT molecular complexity index is 957.